The average Bonchev–Trinajstić information content (AvgIpc) is 2.50. The van der Waals surface area contributed by atoms with Crippen molar-refractivity contribution < 1.29 is 9.90 Å². The van der Waals surface area contributed by atoms with Crippen molar-refractivity contribution in [2.24, 2.45) is 0 Å². The van der Waals surface area contributed by atoms with Crippen molar-refractivity contribution in [2.45, 2.75) is 6.92 Å². The summed E-state index contributed by atoms with van der Waals surface area (Å²) in [5, 5.41) is 21.4. The van der Waals surface area contributed by atoms with E-state index in [1.807, 2.05) is 31.2 Å². The van der Waals surface area contributed by atoms with Crippen LogP contribution < -0.4 is 5.32 Å². The van der Waals surface area contributed by atoms with Crippen LogP contribution in [-0.4, -0.2) is 11.0 Å². The van der Waals surface area contributed by atoms with E-state index < -0.39 is 5.91 Å². The molecule has 1 amide bonds. The molecule has 2 aromatic carbocycles. The Morgan fingerprint density at radius 1 is 1.32 bits per heavy atom. The van der Waals surface area contributed by atoms with Gasteiger partial charge in [0.15, 0.2) is 0 Å². The molecule has 0 saturated carbocycles. The second-order valence-corrected chi connectivity index (χ2v) is 5.50. The van der Waals surface area contributed by atoms with Gasteiger partial charge in [-0.3, -0.25) is 4.79 Å². The number of aromatic hydroxyl groups is 1. The van der Waals surface area contributed by atoms with Crippen LogP contribution in [0.2, 0.25) is 0 Å². The van der Waals surface area contributed by atoms with E-state index in [0.29, 0.717) is 15.7 Å². The van der Waals surface area contributed by atoms with Gasteiger partial charge in [0.25, 0.3) is 5.91 Å². The van der Waals surface area contributed by atoms with Gasteiger partial charge in [0.1, 0.15) is 17.4 Å². The smallest absolute Gasteiger partial charge is 0.266 e. The third-order valence-corrected chi connectivity index (χ3v) is 3.68. The number of nitrogens with one attached hydrogen (secondary N) is 1. The van der Waals surface area contributed by atoms with E-state index in [0.717, 1.165) is 5.56 Å². The molecule has 0 atom stereocenters. The van der Waals surface area contributed by atoms with Crippen LogP contribution in [0.15, 0.2) is 52.5 Å². The van der Waals surface area contributed by atoms with E-state index in [1.54, 1.807) is 18.2 Å². The first-order valence-electron chi connectivity index (χ1n) is 6.48. The van der Waals surface area contributed by atoms with E-state index in [9.17, 15) is 15.2 Å². The highest BCUT2D eigenvalue weighted by molar-refractivity contribution is 9.10. The number of carbonyl (C=O) groups is 1. The Morgan fingerprint density at radius 3 is 2.68 bits per heavy atom. The highest BCUT2D eigenvalue weighted by Gasteiger charge is 2.11. The van der Waals surface area contributed by atoms with Crippen molar-refractivity contribution >= 4 is 33.6 Å². The van der Waals surface area contributed by atoms with Crippen LogP contribution in [-0.2, 0) is 4.79 Å². The number of anilines is 1. The zero-order chi connectivity index (χ0) is 16.1. The van der Waals surface area contributed by atoms with Crippen molar-refractivity contribution in [3.8, 4) is 11.8 Å². The number of benzene rings is 2. The summed E-state index contributed by atoms with van der Waals surface area (Å²) < 4.78 is 0.498. The van der Waals surface area contributed by atoms with Crippen molar-refractivity contribution in [1.82, 2.24) is 0 Å². The molecule has 2 aromatic rings. The Hall–Kier alpha value is -2.58. The molecule has 0 aromatic heterocycles. The number of halogens is 1. The molecule has 0 bridgehead atoms. The molecule has 0 spiro atoms. The summed E-state index contributed by atoms with van der Waals surface area (Å²) >= 11 is 3.20. The molecule has 2 rings (SSSR count). The first kappa shape index (κ1) is 15.8. The highest BCUT2D eigenvalue weighted by Crippen LogP contribution is 2.25. The first-order chi connectivity index (χ1) is 10.5. The monoisotopic (exact) mass is 356 g/mol. The van der Waals surface area contributed by atoms with Crippen molar-refractivity contribution in [2.75, 3.05) is 5.32 Å². The Balaban J connectivity index is 2.26. The second-order valence-electron chi connectivity index (χ2n) is 4.65. The molecule has 22 heavy (non-hydrogen) atoms. The largest absolute Gasteiger partial charge is 0.507 e. The van der Waals surface area contributed by atoms with Crippen molar-refractivity contribution in [3.63, 3.8) is 0 Å². The molecule has 0 fully saturated rings. The number of amides is 1. The van der Waals surface area contributed by atoms with Crippen LogP contribution in [0.25, 0.3) is 6.08 Å². The number of hydrogen-bond donors (Lipinski definition) is 2. The van der Waals surface area contributed by atoms with Crippen LogP contribution in [0.4, 0.5) is 5.69 Å². The molecule has 110 valence electrons. The van der Waals surface area contributed by atoms with Crippen molar-refractivity contribution in [1.29, 1.82) is 5.26 Å². The quantitative estimate of drug-likeness (QED) is 0.644. The number of rotatable bonds is 3. The summed E-state index contributed by atoms with van der Waals surface area (Å²) in [6.07, 6.45) is 1.47. The number of phenolic OH excluding ortho intramolecular Hbond substituents is 1. The van der Waals surface area contributed by atoms with Crippen LogP contribution >= 0.6 is 15.9 Å². The summed E-state index contributed by atoms with van der Waals surface area (Å²) in [5.41, 5.74) is 2.21. The molecular weight excluding hydrogens is 344 g/mol. The molecule has 4 nitrogen and oxygen atoms in total. The van der Waals surface area contributed by atoms with Crippen molar-refractivity contribution in [3.05, 3.63) is 63.6 Å². The lowest BCUT2D eigenvalue weighted by Gasteiger charge is -2.07. The summed E-state index contributed by atoms with van der Waals surface area (Å²) in [5.74, 6) is -0.374. The summed E-state index contributed by atoms with van der Waals surface area (Å²) in [4.78, 5) is 12.2. The zero-order valence-electron chi connectivity index (χ0n) is 11.8. The lowest BCUT2D eigenvalue weighted by atomic mass is 10.1. The fraction of sp³-hybridized carbons (Fsp3) is 0.0588. The topological polar surface area (TPSA) is 73.1 Å². The molecule has 0 unspecified atom stereocenters. The number of nitrogens with zero attached hydrogens (tertiary/aromatic N) is 1. The van der Waals surface area contributed by atoms with Crippen LogP contribution in [0, 0.1) is 18.3 Å². The first-order valence-corrected chi connectivity index (χ1v) is 7.28. The number of nitriles is 1. The van der Waals surface area contributed by atoms with Gasteiger partial charge in [-0.05, 0) is 58.3 Å². The molecule has 0 heterocycles. The molecule has 0 saturated heterocycles. The second kappa shape index (κ2) is 6.92. The summed E-state index contributed by atoms with van der Waals surface area (Å²) in [6, 6.07) is 14.0. The van der Waals surface area contributed by atoms with E-state index in [1.165, 1.54) is 12.1 Å². The van der Waals surface area contributed by atoms with E-state index >= 15 is 0 Å². The van der Waals surface area contributed by atoms with Gasteiger partial charge in [-0.2, -0.15) is 5.26 Å². The Labute approximate surface area is 136 Å². The highest BCUT2D eigenvalue weighted by atomic mass is 79.9. The van der Waals surface area contributed by atoms with Gasteiger partial charge in [0, 0.05) is 5.69 Å². The number of para-hydroxylation sites is 1. The standard InChI is InChI=1S/C17H13BrN2O2/c1-11-4-2-3-5-15(11)20-17(22)13(10-19)8-12-6-7-16(21)14(18)9-12/h2-9,21H,1H3,(H,20,22). The summed E-state index contributed by atoms with van der Waals surface area (Å²) in [6.45, 7) is 1.88. The van der Waals surface area contributed by atoms with Gasteiger partial charge >= 0.3 is 0 Å². The number of aryl methyl sites for hydroxylation is 1. The van der Waals surface area contributed by atoms with Crippen LogP contribution in [0.3, 0.4) is 0 Å². The third kappa shape index (κ3) is 3.74. The third-order valence-electron chi connectivity index (χ3n) is 3.04. The zero-order valence-corrected chi connectivity index (χ0v) is 13.4. The minimum Gasteiger partial charge on any atom is -0.507 e. The van der Waals surface area contributed by atoms with Gasteiger partial charge in [-0.15, -0.1) is 0 Å². The fourth-order valence-electron chi connectivity index (χ4n) is 1.83. The molecule has 5 heteroatoms. The van der Waals surface area contributed by atoms with Crippen LogP contribution in [0.1, 0.15) is 11.1 Å². The average molecular weight is 357 g/mol. The van der Waals surface area contributed by atoms with E-state index in [4.69, 9.17) is 0 Å². The predicted molar refractivity (Wildman–Crippen MR) is 89.2 cm³/mol. The SMILES string of the molecule is Cc1ccccc1NC(=O)C(C#N)=Cc1ccc(O)c(Br)c1. The van der Waals surface area contributed by atoms with E-state index in [-0.39, 0.29) is 11.3 Å². The molecule has 0 aliphatic carbocycles. The molecule has 0 radical (unpaired) electrons. The number of carbonyl (C=O) groups excluding carboxylic acids is 1. The minimum absolute atomic E-state index is 0.0131. The summed E-state index contributed by atoms with van der Waals surface area (Å²) in [7, 11) is 0. The van der Waals surface area contributed by atoms with Gasteiger partial charge < -0.3 is 10.4 Å². The Kier molecular flexibility index (Phi) is 4.97. The number of phenols is 1. The molecule has 2 N–H and O–H groups in total. The van der Waals surface area contributed by atoms with Gasteiger partial charge in [-0.1, -0.05) is 24.3 Å². The van der Waals surface area contributed by atoms with Gasteiger partial charge in [0.2, 0.25) is 0 Å². The molecular formula is C17H13BrN2O2. The Morgan fingerprint density at radius 2 is 2.05 bits per heavy atom. The lowest BCUT2D eigenvalue weighted by Crippen LogP contribution is -2.14. The lowest BCUT2D eigenvalue weighted by molar-refractivity contribution is -0.112. The fourth-order valence-corrected chi connectivity index (χ4v) is 2.23. The maximum atomic E-state index is 12.2. The Bertz CT molecular complexity index is 791. The van der Waals surface area contributed by atoms with Crippen LogP contribution in [0.5, 0.6) is 5.75 Å². The predicted octanol–water partition coefficient (Wildman–Crippen LogP) is 4.01. The van der Waals surface area contributed by atoms with E-state index in [2.05, 4.69) is 21.2 Å². The van der Waals surface area contributed by atoms with Gasteiger partial charge in [-0.25, -0.2) is 0 Å². The van der Waals surface area contributed by atoms with Gasteiger partial charge in [0.05, 0.1) is 4.47 Å². The maximum Gasteiger partial charge on any atom is 0.266 e. The minimum atomic E-state index is -0.471. The maximum absolute atomic E-state index is 12.2. The molecule has 0 aliphatic heterocycles. The normalized spacial score (nSPS) is 10.9. The molecule has 0 aliphatic rings. The number of hydrogen-bond acceptors (Lipinski definition) is 3.